The quantitative estimate of drug-likeness (QED) is 0.672. The molecular formula is C19H21N5O2. The van der Waals surface area contributed by atoms with Crippen molar-refractivity contribution in [2.24, 2.45) is 5.92 Å². The highest BCUT2D eigenvalue weighted by molar-refractivity contribution is 5.72. The minimum absolute atomic E-state index is 0.0753. The minimum Gasteiger partial charge on any atom is -0.459 e. The van der Waals surface area contributed by atoms with E-state index < -0.39 is 0 Å². The molecule has 0 saturated carbocycles. The molecule has 1 aliphatic rings. The number of pyridine rings is 1. The largest absolute Gasteiger partial charge is 0.459 e. The van der Waals surface area contributed by atoms with Crippen molar-refractivity contribution in [2.75, 3.05) is 18.0 Å². The van der Waals surface area contributed by atoms with Gasteiger partial charge in [-0.1, -0.05) is 6.07 Å². The van der Waals surface area contributed by atoms with Crippen molar-refractivity contribution < 1.29 is 9.53 Å². The number of carbonyl (C=O) groups is 1. The number of piperidine rings is 1. The molecule has 1 fully saturated rings. The third-order valence-corrected chi connectivity index (χ3v) is 4.75. The van der Waals surface area contributed by atoms with Crippen LogP contribution in [0.3, 0.4) is 0 Å². The number of anilines is 1. The van der Waals surface area contributed by atoms with E-state index in [-0.39, 0.29) is 18.5 Å². The Balaban J connectivity index is 1.32. The summed E-state index contributed by atoms with van der Waals surface area (Å²) >= 11 is 0. The van der Waals surface area contributed by atoms with Crippen LogP contribution in [0.15, 0.2) is 43.0 Å². The summed E-state index contributed by atoms with van der Waals surface area (Å²) in [5.41, 5.74) is 2.76. The molecule has 134 valence electrons. The number of ether oxygens (including phenoxy) is 1. The van der Waals surface area contributed by atoms with Crippen molar-refractivity contribution in [3.05, 3.63) is 54.2 Å². The van der Waals surface area contributed by atoms with Crippen LogP contribution >= 0.6 is 0 Å². The molecule has 4 rings (SSSR count). The predicted octanol–water partition coefficient (Wildman–Crippen LogP) is 2.39. The average Bonchev–Trinajstić information content (AvgIpc) is 3.11. The van der Waals surface area contributed by atoms with Gasteiger partial charge in [0.15, 0.2) is 0 Å². The van der Waals surface area contributed by atoms with E-state index in [1.807, 2.05) is 35.9 Å². The second-order valence-electron chi connectivity index (χ2n) is 6.57. The summed E-state index contributed by atoms with van der Waals surface area (Å²) < 4.78 is 7.47. The molecule has 0 radical (unpaired) electrons. The van der Waals surface area contributed by atoms with Gasteiger partial charge in [0.05, 0.1) is 11.6 Å². The van der Waals surface area contributed by atoms with E-state index >= 15 is 0 Å². The van der Waals surface area contributed by atoms with E-state index in [1.165, 1.54) is 0 Å². The SMILES string of the molecule is Cc1cccn2cc(COC(=O)C3CCN(c4ncccn4)CC3)nc12. The topological polar surface area (TPSA) is 72.6 Å². The van der Waals surface area contributed by atoms with Gasteiger partial charge in [-0.05, 0) is 37.5 Å². The molecule has 26 heavy (non-hydrogen) atoms. The van der Waals surface area contributed by atoms with Crippen LogP contribution in [0.5, 0.6) is 0 Å². The van der Waals surface area contributed by atoms with Gasteiger partial charge in [0, 0.05) is 37.9 Å². The number of carbonyl (C=O) groups excluding carboxylic acids is 1. The predicted molar refractivity (Wildman–Crippen MR) is 96.7 cm³/mol. The van der Waals surface area contributed by atoms with Gasteiger partial charge in [-0.25, -0.2) is 15.0 Å². The molecular weight excluding hydrogens is 330 g/mol. The number of aromatic nitrogens is 4. The van der Waals surface area contributed by atoms with E-state index in [4.69, 9.17) is 4.74 Å². The van der Waals surface area contributed by atoms with Crippen LogP contribution < -0.4 is 4.90 Å². The fourth-order valence-electron chi connectivity index (χ4n) is 3.31. The molecule has 1 saturated heterocycles. The van der Waals surface area contributed by atoms with Gasteiger partial charge >= 0.3 is 5.97 Å². The number of imidazole rings is 1. The third-order valence-electron chi connectivity index (χ3n) is 4.75. The number of rotatable bonds is 4. The highest BCUT2D eigenvalue weighted by Crippen LogP contribution is 2.22. The molecule has 4 heterocycles. The van der Waals surface area contributed by atoms with Crippen LogP contribution in [0.2, 0.25) is 0 Å². The highest BCUT2D eigenvalue weighted by Gasteiger charge is 2.27. The van der Waals surface area contributed by atoms with Crippen LogP contribution in [-0.4, -0.2) is 38.4 Å². The summed E-state index contributed by atoms with van der Waals surface area (Å²) in [5.74, 6) is 0.500. The molecule has 0 amide bonds. The molecule has 1 aliphatic heterocycles. The smallest absolute Gasteiger partial charge is 0.309 e. The van der Waals surface area contributed by atoms with E-state index in [0.29, 0.717) is 0 Å². The van der Waals surface area contributed by atoms with E-state index in [9.17, 15) is 4.79 Å². The maximum Gasteiger partial charge on any atom is 0.309 e. The lowest BCUT2D eigenvalue weighted by molar-refractivity contribution is -0.150. The Morgan fingerprint density at radius 2 is 2.00 bits per heavy atom. The Hall–Kier alpha value is -2.96. The first kappa shape index (κ1) is 16.5. The molecule has 7 heteroatoms. The number of aryl methyl sites for hydroxylation is 1. The summed E-state index contributed by atoms with van der Waals surface area (Å²) in [4.78, 5) is 27.6. The highest BCUT2D eigenvalue weighted by atomic mass is 16.5. The van der Waals surface area contributed by atoms with Gasteiger partial charge in [-0.3, -0.25) is 4.79 Å². The Morgan fingerprint density at radius 3 is 2.73 bits per heavy atom. The normalized spacial score (nSPS) is 15.3. The van der Waals surface area contributed by atoms with Crippen molar-refractivity contribution in [1.29, 1.82) is 0 Å². The molecule has 0 N–H and O–H groups in total. The fourth-order valence-corrected chi connectivity index (χ4v) is 3.31. The fraction of sp³-hybridized carbons (Fsp3) is 0.368. The first-order valence-electron chi connectivity index (χ1n) is 8.82. The number of hydrogen-bond acceptors (Lipinski definition) is 6. The molecule has 3 aromatic rings. The number of esters is 1. The summed E-state index contributed by atoms with van der Waals surface area (Å²) in [6, 6.07) is 5.79. The second kappa shape index (κ2) is 7.11. The first-order valence-corrected chi connectivity index (χ1v) is 8.82. The zero-order valence-corrected chi connectivity index (χ0v) is 14.7. The zero-order valence-electron chi connectivity index (χ0n) is 14.7. The van der Waals surface area contributed by atoms with E-state index in [0.717, 1.165) is 48.8 Å². The number of nitrogens with zero attached hydrogens (tertiary/aromatic N) is 5. The molecule has 3 aromatic heterocycles. The van der Waals surface area contributed by atoms with Gasteiger partial charge in [0.2, 0.25) is 5.95 Å². The van der Waals surface area contributed by atoms with Gasteiger partial charge in [0.1, 0.15) is 12.3 Å². The number of fused-ring (bicyclic) bond motifs is 1. The number of hydrogen-bond donors (Lipinski definition) is 0. The molecule has 0 atom stereocenters. The maximum absolute atomic E-state index is 12.4. The lowest BCUT2D eigenvalue weighted by atomic mass is 9.97. The lowest BCUT2D eigenvalue weighted by Gasteiger charge is -2.30. The Morgan fingerprint density at radius 1 is 1.23 bits per heavy atom. The zero-order chi connectivity index (χ0) is 17.9. The van der Waals surface area contributed by atoms with Gasteiger partial charge in [-0.15, -0.1) is 0 Å². The van der Waals surface area contributed by atoms with Crippen molar-refractivity contribution in [2.45, 2.75) is 26.4 Å². The molecule has 7 nitrogen and oxygen atoms in total. The van der Waals surface area contributed by atoms with Gasteiger partial charge < -0.3 is 14.0 Å². The molecule has 0 unspecified atom stereocenters. The van der Waals surface area contributed by atoms with E-state index in [1.54, 1.807) is 18.5 Å². The Kier molecular flexibility index (Phi) is 4.51. The minimum atomic E-state index is -0.146. The van der Waals surface area contributed by atoms with Crippen molar-refractivity contribution in [3.63, 3.8) is 0 Å². The van der Waals surface area contributed by atoms with Gasteiger partial charge in [-0.2, -0.15) is 0 Å². The van der Waals surface area contributed by atoms with Crippen LogP contribution in [0, 0.1) is 12.8 Å². The summed E-state index contributed by atoms with van der Waals surface area (Å²) in [6.07, 6.45) is 8.83. The van der Waals surface area contributed by atoms with Crippen LogP contribution in [-0.2, 0) is 16.1 Å². The van der Waals surface area contributed by atoms with Crippen LogP contribution in [0.4, 0.5) is 5.95 Å². The maximum atomic E-state index is 12.4. The van der Waals surface area contributed by atoms with Crippen LogP contribution in [0.25, 0.3) is 5.65 Å². The molecule has 0 aromatic carbocycles. The molecule has 0 spiro atoms. The Labute approximate surface area is 151 Å². The monoisotopic (exact) mass is 351 g/mol. The second-order valence-corrected chi connectivity index (χ2v) is 6.57. The first-order chi connectivity index (χ1) is 12.7. The van der Waals surface area contributed by atoms with Crippen molar-refractivity contribution >= 4 is 17.6 Å². The molecule has 0 bridgehead atoms. The standard InChI is InChI=1S/C19H21N5O2/c1-14-4-2-9-24-12-16(22-17(14)24)13-26-18(25)15-5-10-23(11-6-15)19-20-7-3-8-21-19/h2-4,7-9,12,15H,5-6,10-11,13H2,1H3. The van der Waals surface area contributed by atoms with Crippen molar-refractivity contribution in [1.82, 2.24) is 19.4 Å². The molecule has 0 aliphatic carbocycles. The Bertz CT molecular complexity index is 901. The van der Waals surface area contributed by atoms with Crippen molar-refractivity contribution in [3.8, 4) is 0 Å². The lowest BCUT2D eigenvalue weighted by Crippen LogP contribution is -2.37. The average molecular weight is 351 g/mol. The van der Waals surface area contributed by atoms with E-state index in [2.05, 4.69) is 19.9 Å². The summed E-state index contributed by atoms with van der Waals surface area (Å²) in [7, 11) is 0. The summed E-state index contributed by atoms with van der Waals surface area (Å²) in [6.45, 7) is 3.75. The van der Waals surface area contributed by atoms with Gasteiger partial charge in [0.25, 0.3) is 0 Å². The third kappa shape index (κ3) is 3.37. The summed E-state index contributed by atoms with van der Waals surface area (Å²) in [5, 5.41) is 0. The van der Waals surface area contributed by atoms with Crippen LogP contribution in [0.1, 0.15) is 24.1 Å².